The van der Waals surface area contributed by atoms with Crippen LogP contribution in [0.5, 0.6) is 0 Å². The maximum atomic E-state index is 12.9. The van der Waals surface area contributed by atoms with Crippen LogP contribution in [0.25, 0.3) is 10.9 Å². The Morgan fingerprint density at radius 3 is 2.69 bits per heavy atom. The molecular formula is C20H31N3O4S2. The Morgan fingerprint density at radius 1 is 1.31 bits per heavy atom. The van der Waals surface area contributed by atoms with Crippen LogP contribution in [0.2, 0.25) is 0 Å². The molecule has 1 aromatic carbocycles. The van der Waals surface area contributed by atoms with E-state index in [1.165, 1.54) is 0 Å². The summed E-state index contributed by atoms with van der Waals surface area (Å²) < 4.78 is 45.2. The number of benzene rings is 1. The van der Waals surface area contributed by atoms with E-state index in [0.717, 1.165) is 16.8 Å². The Balaban J connectivity index is 2.34. The molecule has 0 saturated heterocycles. The van der Waals surface area contributed by atoms with E-state index in [-0.39, 0.29) is 17.5 Å². The number of hydrogen-bond donors (Lipinski definition) is 1. The lowest BCUT2D eigenvalue weighted by Crippen LogP contribution is -2.26. The first-order valence-corrected chi connectivity index (χ1v) is 12.9. The van der Waals surface area contributed by atoms with Crippen molar-refractivity contribution in [1.82, 2.24) is 9.71 Å². The first kappa shape index (κ1) is 23.7. The van der Waals surface area contributed by atoms with Crippen molar-refractivity contribution in [2.75, 3.05) is 43.7 Å². The predicted molar refractivity (Wildman–Crippen MR) is 120 cm³/mol. The second-order valence-corrected chi connectivity index (χ2v) is 10.6. The summed E-state index contributed by atoms with van der Waals surface area (Å²) in [6.45, 7) is 7.34. The number of para-hydroxylation sites is 1. The second-order valence-electron chi connectivity index (χ2n) is 7.30. The highest BCUT2D eigenvalue weighted by Gasteiger charge is 2.20. The smallest absolute Gasteiger partial charge is 0.242 e. The molecular weight excluding hydrogens is 410 g/mol. The Morgan fingerprint density at radius 2 is 2.03 bits per heavy atom. The molecule has 0 aliphatic carbocycles. The van der Waals surface area contributed by atoms with Crippen molar-refractivity contribution in [3.8, 4) is 0 Å². The molecule has 29 heavy (non-hydrogen) atoms. The fraction of sp³-hybridized carbons (Fsp3) is 0.550. The van der Waals surface area contributed by atoms with Gasteiger partial charge in [0.2, 0.25) is 10.0 Å². The highest BCUT2D eigenvalue weighted by atomic mass is 32.2. The molecule has 162 valence electrons. The van der Waals surface area contributed by atoms with Gasteiger partial charge in [0.05, 0.1) is 18.2 Å². The Labute approximate surface area is 176 Å². The highest BCUT2D eigenvalue weighted by molar-refractivity contribution is 7.89. The molecule has 0 amide bonds. The number of hydrogen-bond acceptors (Lipinski definition) is 6. The van der Waals surface area contributed by atoms with Crippen LogP contribution < -0.4 is 9.62 Å². The number of nitrogens with one attached hydrogen (secondary N) is 1. The maximum absolute atomic E-state index is 12.9. The molecule has 1 aromatic heterocycles. The summed E-state index contributed by atoms with van der Waals surface area (Å²) in [6, 6.07) is 7.14. The molecule has 1 unspecified atom stereocenters. The number of likely N-dealkylation sites (N-methyl/N-ethyl adjacent to an activating group) is 1. The molecule has 0 aliphatic rings. The van der Waals surface area contributed by atoms with Crippen LogP contribution in [0.4, 0.5) is 5.69 Å². The molecule has 2 rings (SSSR count). The number of nitrogens with zero attached hydrogens (tertiary/aromatic N) is 2. The van der Waals surface area contributed by atoms with Gasteiger partial charge in [-0.15, -0.1) is 0 Å². The van der Waals surface area contributed by atoms with Crippen molar-refractivity contribution >= 4 is 37.4 Å². The van der Waals surface area contributed by atoms with Gasteiger partial charge in [-0.05, 0) is 39.3 Å². The molecule has 1 atom stereocenters. The van der Waals surface area contributed by atoms with Crippen LogP contribution in [0.3, 0.4) is 0 Å². The number of aryl methyl sites for hydroxylation is 1. The summed E-state index contributed by atoms with van der Waals surface area (Å²) in [6.07, 6.45) is 2.28. The number of ether oxygens (including phenoxy) is 1. The van der Waals surface area contributed by atoms with E-state index in [1.54, 1.807) is 18.4 Å². The van der Waals surface area contributed by atoms with E-state index in [4.69, 9.17) is 4.74 Å². The van der Waals surface area contributed by atoms with Gasteiger partial charge in [-0.1, -0.05) is 12.1 Å². The average molecular weight is 442 g/mol. The predicted octanol–water partition coefficient (Wildman–Crippen LogP) is 2.45. The lowest BCUT2D eigenvalue weighted by atomic mass is 10.1. The zero-order chi connectivity index (χ0) is 21.6. The first-order valence-electron chi connectivity index (χ1n) is 9.64. The third-order valence-electron chi connectivity index (χ3n) is 4.39. The van der Waals surface area contributed by atoms with Gasteiger partial charge in [-0.25, -0.2) is 13.1 Å². The summed E-state index contributed by atoms with van der Waals surface area (Å²) in [7, 11) is -2.71. The highest BCUT2D eigenvalue weighted by Crippen LogP contribution is 2.30. The minimum absolute atomic E-state index is 0.157. The first-order chi connectivity index (χ1) is 13.6. The van der Waals surface area contributed by atoms with E-state index >= 15 is 0 Å². The van der Waals surface area contributed by atoms with Crippen molar-refractivity contribution in [1.29, 1.82) is 0 Å². The van der Waals surface area contributed by atoms with E-state index in [9.17, 15) is 12.6 Å². The topological polar surface area (TPSA) is 88.6 Å². The lowest BCUT2D eigenvalue weighted by Gasteiger charge is -2.23. The van der Waals surface area contributed by atoms with Crippen LogP contribution in [-0.4, -0.2) is 62.5 Å². The second kappa shape index (κ2) is 10.5. The Hall–Kier alpha value is -1.55. The number of anilines is 1. The number of fused-ring (bicyclic) bond motifs is 1. The van der Waals surface area contributed by atoms with Gasteiger partial charge in [0.15, 0.2) is 0 Å². The van der Waals surface area contributed by atoms with Gasteiger partial charge in [-0.2, -0.15) is 0 Å². The van der Waals surface area contributed by atoms with Gasteiger partial charge < -0.3 is 9.64 Å². The summed E-state index contributed by atoms with van der Waals surface area (Å²) in [5.74, 6) is 0.461. The molecule has 0 radical (unpaired) electrons. The summed E-state index contributed by atoms with van der Waals surface area (Å²) in [5, 5.41) is 0.778. The summed E-state index contributed by atoms with van der Waals surface area (Å²) in [4.78, 5) is 6.74. The van der Waals surface area contributed by atoms with E-state index < -0.39 is 20.8 Å². The van der Waals surface area contributed by atoms with Crippen LogP contribution in [-0.2, 0) is 25.6 Å². The van der Waals surface area contributed by atoms with Gasteiger partial charge in [0.1, 0.15) is 4.90 Å². The molecule has 0 fully saturated rings. The van der Waals surface area contributed by atoms with Crippen LogP contribution >= 0.6 is 0 Å². The SMILES string of the molecule is Cc1cc(N(C)CCOC(C)C)c2cccc(S(=O)(=O)NCCCS(C)=O)c2n1. The van der Waals surface area contributed by atoms with Crippen molar-refractivity contribution in [3.63, 3.8) is 0 Å². The zero-order valence-corrected chi connectivity index (χ0v) is 19.4. The minimum Gasteiger partial charge on any atom is -0.377 e. The molecule has 1 N–H and O–H groups in total. The monoisotopic (exact) mass is 441 g/mol. The van der Waals surface area contributed by atoms with Gasteiger partial charge in [0.25, 0.3) is 0 Å². The van der Waals surface area contributed by atoms with Crippen molar-refractivity contribution in [2.24, 2.45) is 0 Å². The number of aromatic nitrogens is 1. The molecule has 0 aliphatic heterocycles. The van der Waals surface area contributed by atoms with Crippen LogP contribution in [0.1, 0.15) is 26.0 Å². The van der Waals surface area contributed by atoms with Crippen LogP contribution in [0.15, 0.2) is 29.2 Å². The Bertz CT molecular complexity index is 962. The number of sulfonamides is 1. The van der Waals surface area contributed by atoms with Gasteiger partial charge >= 0.3 is 0 Å². The lowest BCUT2D eigenvalue weighted by molar-refractivity contribution is 0.0846. The fourth-order valence-corrected chi connectivity index (χ4v) is 4.75. The van der Waals surface area contributed by atoms with Gasteiger partial charge in [-0.3, -0.25) is 9.19 Å². The summed E-state index contributed by atoms with van der Waals surface area (Å²) in [5.41, 5.74) is 2.11. The molecule has 7 nitrogen and oxygen atoms in total. The third kappa shape index (κ3) is 6.74. The molecule has 9 heteroatoms. The average Bonchev–Trinajstić information content (AvgIpc) is 2.63. The van der Waals surface area contributed by atoms with Gasteiger partial charge in [0, 0.05) is 59.7 Å². The van der Waals surface area contributed by atoms with E-state index in [2.05, 4.69) is 14.6 Å². The maximum Gasteiger partial charge on any atom is 0.242 e. The molecule has 2 aromatic rings. The Kier molecular flexibility index (Phi) is 8.57. The summed E-state index contributed by atoms with van der Waals surface area (Å²) >= 11 is 0. The molecule has 0 spiro atoms. The van der Waals surface area contributed by atoms with Crippen LogP contribution in [0, 0.1) is 6.92 Å². The number of pyridine rings is 1. The molecule has 1 heterocycles. The van der Waals surface area contributed by atoms with E-state index in [0.29, 0.717) is 30.8 Å². The normalized spacial score (nSPS) is 13.2. The van der Waals surface area contributed by atoms with Crippen molar-refractivity contribution in [3.05, 3.63) is 30.0 Å². The molecule has 0 saturated carbocycles. The minimum atomic E-state index is -3.73. The standard InChI is InChI=1S/C20H31N3O4S2/c1-15(2)27-12-11-23(4)18-14-16(3)22-20-17(18)8-6-9-19(20)29(25,26)21-10-7-13-28(5)24/h6,8-9,14-15,21H,7,10-13H2,1-5H3. The third-order valence-corrected chi connectivity index (χ3v) is 6.74. The molecule has 0 bridgehead atoms. The number of rotatable bonds is 11. The van der Waals surface area contributed by atoms with Crippen molar-refractivity contribution < 1.29 is 17.4 Å². The fourth-order valence-electron chi connectivity index (χ4n) is 2.97. The quantitative estimate of drug-likeness (QED) is 0.539. The largest absolute Gasteiger partial charge is 0.377 e. The van der Waals surface area contributed by atoms with Crippen molar-refractivity contribution in [2.45, 2.75) is 38.2 Å². The zero-order valence-electron chi connectivity index (χ0n) is 17.8. The van der Waals surface area contributed by atoms with E-state index in [1.807, 2.05) is 40.0 Å².